The number of ether oxygens (including phenoxy) is 1. The Labute approximate surface area is 113 Å². The monoisotopic (exact) mass is 263 g/mol. The molecule has 3 unspecified atom stereocenters. The Hall–Kier alpha value is -1.78. The molecule has 1 aliphatic carbocycles. The fourth-order valence-corrected chi connectivity index (χ4v) is 2.47. The van der Waals surface area contributed by atoms with E-state index in [1.165, 1.54) is 6.42 Å². The van der Waals surface area contributed by atoms with Gasteiger partial charge in [0.1, 0.15) is 6.10 Å². The lowest BCUT2D eigenvalue weighted by Crippen LogP contribution is -2.29. The lowest BCUT2D eigenvalue weighted by molar-refractivity contribution is 0.0964. The summed E-state index contributed by atoms with van der Waals surface area (Å²) < 4.78 is 5.91. The zero-order valence-electron chi connectivity index (χ0n) is 11.4. The minimum atomic E-state index is 0.0675. The molecule has 0 spiro atoms. The highest BCUT2D eigenvalue weighted by Crippen LogP contribution is 2.31. The Morgan fingerprint density at radius 3 is 2.89 bits per heavy atom. The zero-order valence-corrected chi connectivity index (χ0v) is 11.4. The van der Waals surface area contributed by atoms with Crippen LogP contribution in [0.5, 0.6) is 5.88 Å². The smallest absolute Gasteiger partial charge is 0.214 e. The van der Waals surface area contributed by atoms with Gasteiger partial charge in [0.15, 0.2) is 5.84 Å². The molecule has 1 heterocycles. The van der Waals surface area contributed by atoms with Gasteiger partial charge in [-0.3, -0.25) is 0 Å². The van der Waals surface area contributed by atoms with Crippen LogP contribution in [0, 0.1) is 11.8 Å². The van der Waals surface area contributed by atoms with Crippen molar-refractivity contribution < 1.29 is 9.94 Å². The lowest BCUT2D eigenvalue weighted by atomic mass is 9.80. The standard InChI is InChI=1S/C14H21N3O2/c1-9-3-4-12(7-10(9)2)19-13-8-11(5-6-16-13)14(15)17-18/h5-6,8-10,12,18H,3-4,7H2,1-2H3,(H2,15,17). The van der Waals surface area contributed by atoms with E-state index in [0.717, 1.165) is 18.8 Å². The van der Waals surface area contributed by atoms with Crippen LogP contribution in [0.1, 0.15) is 38.7 Å². The van der Waals surface area contributed by atoms with Crippen molar-refractivity contribution in [2.45, 2.75) is 39.2 Å². The molecule has 19 heavy (non-hydrogen) atoms. The SMILES string of the molecule is CC1CCC(Oc2cc(C(N)=NO)ccn2)CC1C. The summed E-state index contributed by atoms with van der Waals surface area (Å²) in [6.45, 7) is 4.55. The van der Waals surface area contributed by atoms with Gasteiger partial charge >= 0.3 is 0 Å². The quantitative estimate of drug-likeness (QED) is 0.380. The Balaban J connectivity index is 2.03. The number of pyridine rings is 1. The normalized spacial score (nSPS) is 28.1. The maximum Gasteiger partial charge on any atom is 0.214 e. The van der Waals surface area contributed by atoms with Crippen LogP contribution in [-0.2, 0) is 0 Å². The largest absolute Gasteiger partial charge is 0.474 e. The maximum absolute atomic E-state index is 8.67. The molecular formula is C14H21N3O2. The topological polar surface area (TPSA) is 80.7 Å². The van der Waals surface area contributed by atoms with Crippen LogP contribution in [0.3, 0.4) is 0 Å². The van der Waals surface area contributed by atoms with E-state index >= 15 is 0 Å². The molecule has 0 bridgehead atoms. The highest BCUT2D eigenvalue weighted by molar-refractivity contribution is 5.97. The molecule has 5 heteroatoms. The Morgan fingerprint density at radius 1 is 1.42 bits per heavy atom. The summed E-state index contributed by atoms with van der Waals surface area (Å²) in [6.07, 6.45) is 5.11. The van der Waals surface area contributed by atoms with Crippen molar-refractivity contribution in [3.05, 3.63) is 23.9 Å². The van der Waals surface area contributed by atoms with Gasteiger partial charge in [-0.05, 0) is 37.2 Å². The number of aromatic nitrogens is 1. The lowest BCUT2D eigenvalue weighted by Gasteiger charge is -2.31. The molecule has 104 valence electrons. The first-order valence-electron chi connectivity index (χ1n) is 6.70. The minimum absolute atomic E-state index is 0.0675. The summed E-state index contributed by atoms with van der Waals surface area (Å²) >= 11 is 0. The molecular weight excluding hydrogens is 242 g/mol. The molecule has 1 aromatic heterocycles. The zero-order chi connectivity index (χ0) is 13.8. The van der Waals surface area contributed by atoms with Crippen molar-refractivity contribution in [1.29, 1.82) is 0 Å². The van der Waals surface area contributed by atoms with Gasteiger partial charge in [0.25, 0.3) is 0 Å². The van der Waals surface area contributed by atoms with Crippen LogP contribution in [0.25, 0.3) is 0 Å². The Morgan fingerprint density at radius 2 is 2.21 bits per heavy atom. The number of amidine groups is 1. The summed E-state index contributed by atoms with van der Waals surface area (Å²) in [6, 6.07) is 3.39. The first-order chi connectivity index (χ1) is 9.10. The number of nitrogens with zero attached hydrogens (tertiary/aromatic N) is 2. The van der Waals surface area contributed by atoms with Crippen molar-refractivity contribution >= 4 is 5.84 Å². The Kier molecular flexibility index (Phi) is 4.24. The van der Waals surface area contributed by atoms with Gasteiger partial charge < -0.3 is 15.7 Å². The molecule has 3 atom stereocenters. The average molecular weight is 263 g/mol. The molecule has 5 nitrogen and oxygen atoms in total. The molecule has 1 aliphatic rings. The van der Waals surface area contributed by atoms with E-state index in [9.17, 15) is 0 Å². The highest BCUT2D eigenvalue weighted by Gasteiger charge is 2.26. The van der Waals surface area contributed by atoms with Crippen molar-refractivity contribution in [2.24, 2.45) is 22.7 Å². The van der Waals surface area contributed by atoms with Crippen molar-refractivity contribution in [3.63, 3.8) is 0 Å². The van der Waals surface area contributed by atoms with E-state index < -0.39 is 0 Å². The maximum atomic E-state index is 8.67. The van der Waals surface area contributed by atoms with Crippen LogP contribution >= 0.6 is 0 Å². The third kappa shape index (κ3) is 3.36. The van der Waals surface area contributed by atoms with Crippen LogP contribution in [-0.4, -0.2) is 22.1 Å². The van der Waals surface area contributed by atoms with Crippen molar-refractivity contribution in [1.82, 2.24) is 4.98 Å². The van der Waals surface area contributed by atoms with Gasteiger partial charge in [-0.25, -0.2) is 4.98 Å². The third-order valence-electron chi connectivity index (χ3n) is 3.98. The van der Waals surface area contributed by atoms with E-state index in [0.29, 0.717) is 17.4 Å². The van der Waals surface area contributed by atoms with Gasteiger partial charge in [0.05, 0.1) is 0 Å². The first-order valence-corrected chi connectivity index (χ1v) is 6.70. The fourth-order valence-electron chi connectivity index (χ4n) is 2.47. The van der Waals surface area contributed by atoms with Gasteiger partial charge in [0, 0.05) is 17.8 Å². The van der Waals surface area contributed by atoms with Crippen molar-refractivity contribution in [3.8, 4) is 5.88 Å². The highest BCUT2D eigenvalue weighted by atomic mass is 16.5. The fraction of sp³-hybridized carbons (Fsp3) is 0.571. The van der Waals surface area contributed by atoms with E-state index in [1.807, 2.05) is 0 Å². The van der Waals surface area contributed by atoms with Crippen LogP contribution < -0.4 is 10.5 Å². The van der Waals surface area contributed by atoms with Gasteiger partial charge in [-0.1, -0.05) is 19.0 Å². The van der Waals surface area contributed by atoms with Gasteiger partial charge in [0.2, 0.25) is 5.88 Å². The predicted molar refractivity (Wildman–Crippen MR) is 73.3 cm³/mol. The summed E-state index contributed by atoms with van der Waals surface area (Å²) in [5.41, 5.74) is 6.17. The molecule has 0 radical (unpaired) electrons. The van der Waals surface area contributed by atoms with E-state index in [4.69, 9.17) is 15.7 Å². The van der Waals surface area contributed by atoms with Crippen LogP contribution in [0.2, 0.25) is 0 Å². The minimum Gasteiger partial charge on any atom is -0.474 e. The molecule has 3 N–H and O–H groups in total. The van der Waals surface area contributed by atoms with Gasteiger partial charge in [-0.15, -0.1) is 0 Å². The molecule has 1 aromatic rings. The third-order valence-corrected chi connectivity index (χ3v) is 3.98. The summed E-state index contributed by atoms with van der Waals surface area (Å²) in [5.74, 6) is 2.04. The summed E-state index contributed by atoms with van der Waals surface area (Å²) in [4.78, 5) is 4.18. The molecule has 0 aromatic carbocycles. The van der Waals surface area contributed by atoms with Crippen LogP contribution in [0.15, 0.2) is 23.5 Å². The molecule has 0 aliphatic heterocycles. The second kappa shape index (κ2) is 5.91. The second-order valence-electron chi connectivity index (χ2n) is 5.38. The first kappa shape index (κ1) is 13.6. The summed E-state index contributed by atoms with van der Waals surface area (Å²) in [5, 5.41) is 11.6. The predicted octanol–water partition coefficient (Wildman–Crippen LogP) is 2.38. The number of nitrogens with two attached hydrogens (primary N) is 1. The number of hydrogen-bond donors (Lipinski definition) is 2. The number of hydrogen-bond acceptors (Lipinski definition) is 4. The molecule has 1 fully saturated rings. The number of rotatable bonds is 3. The average Bonchev–Trinajstić information content (AvgIpc) is 2.42. The molecule has 1 saturated carbocycles. The molecule has 2 rings (SSSR count). The van der Waals surface area contributed by atoms with E-state index in [-0.39, 0.29) is 11.9 Å². The van der Waals surface area contributed by atoms with Crippen molar-refractivity contribution in [2.75, 3.05) is 0 Å². The van der Waals surface area contributed by atoms with E-state index in [1.54, 1.807) is 18.3 Å². The second-order valence-corrected chi connectivity index (χ2v) is 5.38. The van der Waals surface area contributed by atoms with Crippen LogP contribution in [0.4, 0.5) is 0 Å². The molecule has 0 amide bonds. The van der Waals surface area contributed by atoms with E-state index in [2.05, 4.69) is 24.0 Å². The Bertz CT molecular complexity index is 462. The number of oxime groups is 1. The molecule has 0 saturated heterocycles. The summed E-state index contributed by atoms with van der Waals surface area (Å²) in [7, 11) is 0. The van der Waals surface area contributed by atoms with Gasteiger partial charge in [-0.2, -0.15) is 0 Å².